The molecule has 1 aliphatic heterocycles. The van der Waals surface area contributed by atoms with Gasteiger partial charge in [-0.1, -0.05) is 30.3 Å². The van der Waals surface area contributed by atoms with E-state index in [9.17, 15) is 14.7 Å². The Bertz CT molecular complexity index is 470. The number of carbonyl (C=O) groups excluding carboxylic acids is 1. The van der Waals surface area contributed by atoms with Gasteiger partial charge in [0.05, 0.1) is 0 Å². The van der Waals surface area contributed by atoms with E-state index in [1.807, 2.05) is 30.3 Å². The van der Waals surface area contributed by atoms with Gasteiger partial charge in [-0.05, 0) is 37.4 Å². The molecule has 1 aliphatic rings. The van der Waals surface area contributed by atoms with Gasteiger partial charge >= 0.3 is 5.97 Å². The van der Waals surface area contributed by atoms with Crippen molar-refractivity contribution in [3.8, 4) is 0 Å². The largest absolute Gasteiger partial charge is 0.480 e. The van der Waals surface area contributed by atoms with Crippen LogP contribution in [-0.2, 0) is 16.0 Å². The molecule has 3 N–H and O–H groups in total. The number of benzene rings is 1. The molecule has 5 nitrogen and oxygen atoms in total. The Labute approximate surface area is 124 Å². The van der Waals surface area contributed by atoms with Crippen molar-refractivity contribution < 1.29 is 14.7 Å². The third kappa shape index (κ3) is 5.19. The van der Waals surface area contributed by atoms with E-state index in [4.69, 9.17) is 0 Å². The molecule has 2 rings (SSSR count). The van der Waals surface area contributed by atoms with Crippen LogP contribution in [0.25, 0.3) is 0 Å². The van der Waals surface area contributed by atoms with E-state index in [2.05, 4.69) is 10.6 Å². The SMILES string of the molecule is O=C(CCC1CCNC1)N[C@@H](Cc1ccccc1)C(=O)O. The molecule has 1 fully saturated rings. The molecule has 1 unspecified atom stereocenters. The van der Waals surface area contributed by atoms with Crippen molar-refractivity contribution in [3.05, 3.63) is 35.9 Å². The van der Waals surface area contributed by atoms with Crippen molar-refractivity contribution in [3.63, 3.8) is 0 Å². The first kappa shape index (κ1) is 15.5. The molecule has 1 heterocycles. The third-order valence-corrected chi connectivity index (χ3v) is 3.86. The number of carboxylic acids is 1. The highest BCUT2D eigenvalue weighted by atomic mass is 16.4. The van der Waals surface area contributed by atoms with Gasteiger partial charge in [0.25, 0.3) is 0 Å². The summed E-state index contributed by atoms with van der Waals surface area (Å²) >= 11 is 0. The molecule has 1 amide bonds. The van der Waals surface area contributed by atoms with Gasteiger partial charge in [0.15, 0.2) is 0 Å². The first-order chi connectivity index (χ1) is 10.1. The van der Waals surface area contributed by atoms with E-state index < -0.39 is 12.0 Å². The lowest BCUT2D eigenvalue weighted by Crippen LogP contribution is -2.42. The fourth-order valence-electron chi connectivity index (χ4n) is 2.61. The summed E-state index contributed by atoms with van der Waals surface area (Å²) in [6, 6.07) is 8.49. The zero-order valence-electron chi connectivity index (χ0n) is 12.0. The standard InChI is InChI=1S/C16H22N2O3/c19-15(7-6-13-8-9-17-11-13)18-14(16(20)21)10-12-4-2-1-3-5-12/h1-5,13-14,17H,6-11H2,(H,18,19)(H,20,21)/t13?,14-/m0/s1. The second-order valence-corrected chi connectivity index (χ2v) is 5.55. The van der Waals surface area contributed by atoms with Crippen molar-refractivity contribution >= 4 is 11.9 Å². The van der Waals surface area contributed by atoms with Gasteiger partial charge in [0, 0.05) is 12.8 Å². The van der Waals surface area contributed by atoms with Crippen LogP contribution in [0.5, 0.6) is 0 Å². The van der Waals surface area contributed by atoms with Gasteiger partial charge in [-0.2, -0.15) is 0 Å². The molecule has 1 aromatic rings. The lowest BCUT2D eigenvalue weighted by Gasteiger charge is -2.15. The average Bonchev–Trinajstić information content (AvgIpc) is 2.99. The topological polar surface area (TPSA) is 78.4 Å². The summed E-state index contributed by atoms with van der Waals surface area (Å²) in [6.45, 7) is 1.97. The van der Waals surface area contributed by atoms with Crippen LogP contribution in [0.3, 0.4) is 0 Å². The monoisotopic (exact) mass is 290 g/mol. The molecule has 0 bridgehead atoms. The Balaban J connectivity index is 1.81. The fraction of sp³-hybridized carbons (Fsp3) is 0.500. The molecule has 5 heteroatoms. The highest BCUT2D eigenvalue weighted by molar-refractivity contribution is 5.83. The maximum Gasteiger partial charge on any atom is 0.326 e. The predicted octanol–water partition coefficient (Wildman–Crippen LogP) is 1.19. The highest BCUT2D eigenvalue weighted by Crippen LogP contribution is 2.14. The summed E-state index contributed by atoms with van der Waals surface area (Å²) in [6.07, 6.45) is 2.62. The summed E-state index contributed by atoms with van der Waals surface area (Å²) < 4.78 is 0. The van der Waals surface area contributed by atoms with Gasteiger partial charge in [0.2, 0.25) is 5.91 Å². The molecule has 0 aromatic heterocycles. The molecule has 1 saturated heterocycles. The number of carbonyl (C=O) groups is 2. The van der Waals surface area contributed by atoms with E-state index in [1.54, 1.807) is 0 Å². The van der Waals surface area contributed by atoms with Gasteiger partial charge in [-0.25, -0.2) is 4.79 Å². The molecule has 114 valence electrons. The Kier molecular flexibility index (Phi) is 5.75. The maximum atomic E-state index is 11.9. The molecular formula is C16H22N2O3. The quantitative estimate of drug-likeness (QED) is 0.705. The molecular weight excluding hydrogens is 268 g/mol. The second kappa shape index (κ2) is 7.78. The molecule has 0 radical (unpaired) electrons. The van der Waals surface area contributed by atoms with Crippen molar-refractivity contribution in [2.45, 2.75) is 31.7 Å². The molecule has 0 saturated carbocycles. The van der Waals surface area contributed by atoms with E-state index in [0.717, 1.165) is 31.5 Å². The summed E-state index contributed by atoms with van der Waals surface area (Å²) in [5.41, 5.74) is 0.908. The van der Waals surface area contributed by atoms with E-state index in [1.165, 1.54) is 0 Å². The Morgan fingerprint density at radius 2 is 2.10 bits per heavy atom. The highest BCUT2D eigenvalue weighted by Gasteiger charge is 2.21. The van der Waals surface area contributed by atoms with Crippen molar-refractivity contribution in [1.29, 1.82) is 0 Å². The van der Waals surface area contributed by atoms with Gasteiger partial charge in [-0.15, -0.1) is 0 Å². The summed E-state index contributed by atoms with van der Waals surface area (Å²) in [4.78, 5) is 23.2. The number of hydrogen-bond acceptors (Lipinski definition) is 3. The van der Waals surface area contributed by atoms with Crippen molar-refractivity contribution in [1.82, 2.24) is 10.6 Å². The minimum absolute atomic E-state index is 0.176. The number of aliphatic carboxylic acids is 1. The smallest absolute Gasteiger partial charge is 0.326 e. The number of carboxylic acid groups (broad SMARTS) is 1. The van der Waals surface area contributed by atoms with Crippen LogP contribution in [0, 0.1) is 5.92 Å². The number of amides is 1. The number of nitrogens with one attached hydrogen (secondary N) is 2. The average molecular weight is 290 g/mol. The Morgan fingerprint density at radius 1 is 1.33 bits per heavy atom. The Morgan fingerprint density at radius 3 is 2.71 bits per heavy atom. The molecule has 21 heavy (non-hydrogen) atoms. The fourth-order valence-corrected chi connectivity index (χ4v) is 2.61. The van der Waals surface area contributed by atoms with Crippen LogP contribution in [0.1, 0.15) is 24.8 Å². The van der Waals surface area contributed by atoms with Crippen LogP contribution < -0.4 is 10.6 Å². The summed E-state index contributed by atoms with van der Waals surface area (Å²) in [5.74, 6) is -0.631. The van der Waals surface area contributed by atoms with Crippen LogP contribution in [0.15, 0.2) is 30.3 Å². The number of rotatable bonds is 7. The van der Waals surface area contributed by atoms with Crippen LogP contribution in [0.4, 0.5) is 0 Å². The molecule has 0 aliphatic carbocycles. The lowest BCUT2D eigenvalue weighted by molar-refractivity contribution is -0.141. The predicted molar refractivity (Wildman–Crippen MR) is 79.9 cm³/mol. The third-order valence-electron chi connectivity index (χ3n) is 3.86. The van der Waals surface area contributed by atoms with Gasteiger partial charge in [-0.3, -0.25) is 4.79 Å². The zero-order valence-corrected chi connectivity index (χ0v) is 12.0. The van der Waals surface area contributed by atoms with E-state index in [0.29, 0.717) is 18.8 Å². The van der Waals surface area contributed by atoms with Crippen LogP contribution in [-0.4, -0.2) is 36.1 Å². The van der Waals surface area contributed by atoms with Crippen molar-refractivity contribution in [2.24, 2.45) is 5.92 Å². The molecule has 0 spiro atoms. The zero-order chi connectivity index (χ0) is 15.1. The maximum absolute atomic E-state index is 11.9. The first-order valence-corrected chi connectivity index (χ1v) is 7.42. The van der Waals surface area contributed by atoms with Crippen molar-refractivity contribution in [2.75, 3.05) is 13.1 Å². The van der Waals surface area contributed by atoms with Crippen LogP contribution >= 0.6 is 0 Å². The molecule has 2 atom stereocenters. The summed E-state index contributed by atoms with van der Waals surface area (Å²) in [7, 11) is 0. The first-order valence-electron chi connectivity index (χ1n) is 7.42. The van der Waals surface area contributed by atoms with Crippen LogP contribution in [0.2, 0.25) is 0 Å². The van der Waals surface area contributed by atoms with Gasteiger partial charge < -0.3 is 15.7 Å². The minimum atomic E-state index is -0.991. The second-order valence-electron chi connectivity index (χ2n) is 5.55. The van der Waals surface area contributed by atoms with Gasteiger partial charge in [0.1, 0.15) is 6.04 Å². The lowest BCUT2D eigenvalue weighted by atomic mass is 10.0. The normalized spacial score (nSPS) is 19.1. The molecule has 1 aromatic carbocycles. The minimum Gasteiger partial charge on any atom is -0.480 e. The summed E-state index contributed by atoms with van der Waals surface area (Å²) in [5, 5.41) is 15.1. The van der Waals surface area contributed by atoms with E-state index in [-0.39, 0.29) is 5.91 Å². The van der Waals surface area contributed by atoms with E-state index >= 15 is 0 Å². The Hall–Kier alpha value is -1.88. The number of hydrogen-bond donors (Lipinski definition) is 3.